The number of primary amides is 1. The number of carbonyl (C=O) groups is 2. The van der Waals surface area contributed by atoms with Gasteiger partial charge >= 0.3 is 5.97 Å². The first kappa shape index (κ1) is 10.8. The minimum Gasteiger partial charge on any atom is -0.508 e. The number of carbonyl (C=O) groups excluding carboxylic acids is 1. The van der Waals surface area contributed by atoms with Gasteiger partial charge in [-0.3, -0.25) is 14.2 Å². The molecular weight excluding hydrogens is 204 g/mol. The average Bonchev–Trinajstić information content (AvgIpc) is 2.08. The number of nitrogens with two attached hydrogens (primary N) is 1. The highest BCUT2D eigenvalue weighted by molar-refractivity contribution is 5.87. The number of aromatic nitrogens is 1. The number of rotatable bonds is 3. The van der Waals surface area contributed by atoms with Crippen molar-refractivity contribution < 1.29 is 19.8 Å². The van der Waals surface area contributed by atoms with Crippen LogP contribution in [0.15, 0.2) is 16.9 Å². The lowest BCUT2D eigenvalue weighted by molar-refractivity contribution is -0.118. The number of carboxylic acid groups (broad SMARTS) is 1. The molecule has 0 saturated heterocycles. The highest BCUT2D eigenvalue weighted by atomic mass is 16.4. The van der Waals surface area contributed by atoms with Crippen LogP contribution in [0.25, 0.3) is 0 Å². The lowest BCUT2D eigenvalue weighted by Gasteiger charge is -2.07. The van der Waals surface area contributed by atoms with E-state index in [1.165, 1.54) is 0 Å². The van der Waals surface area contributed by atoms with Gasteiger partial charge in [-0.05, 0) is 0 Å². The third-order valence-electron chi connectivity index (χ3n) is 1.65. The third kappa shape index (κ3) is 2.33. The zero-order valence-corrected chi connectivity index (χ0v) is 7.51. The fourth-order valence-electron chi connectivity index (χ4n) is 1.08. The van der Waals surface area contributed by atoms with E-state index in [1.807, 2.05) is 0 Å². The van der Waals surface area contributed by atoms with Gasteiger partial charge in [0, 0.05) is 12.1 Å². The Labute approximate surface area is 83.4 Å². The van der Waals surface area contributed by atoms with Gasteiger partial charge in [-0.2, -0.15) is 0 Å². The van der Waals surface area contributed by atoms with E-state index in [4.69, 9.17) is 15.9 Å². The Morgan fingerprint density at radius 1 is 1.40 bits per heavy atom. The fraction of sp³-hybridized carbons (Fsp3) is 0.125. The molecule has 0 aromatic carbocycles. The summed E-state index contributed by atoms with van der Waals surface area (Å²) in [5, 5.41) is 17.7. The van der Waals surface area contributed by atoms with Gasteiger partial charge in [-0.15, -0.1) is 0 Å². The van der Waals surface area contributed by atoms with Crippen molar-refractivity contribution >= 4 is 11.9 Å². The average molecular weight is 212 g/mol. The number of pyridine rings is 1. The summed E-state index contributed by atoms with van der Waals surface area (Å²) < 4.78 is 0.671. The van der Waals surface area contributed by atoms with Crippen molar-refractivity contribution in [3.05, 3.63) is 28.2 Å². The van der Waals surface area contributed by atoms with E-state index < -0.39 is 35.4 Å². The molecule has 1 aromatic rings. The largest absolute Gasteiger partial charge is 0.508 e. The van der Waals surface area contributed by atoms with E-state index in [9.17, 15) is 14.4 Å². The molecule has 0 saturated carbocycles. The molecule has 7 nitrogen and oxygen atoms in total. The predicted molar refractivity (Wildman–Crippen MR) is 48.5 cm³/mol. The number of nitrogens with zero attached hydrogens (tertiary/aromatic N) is 1. The zero-order chi connectivity index (χ0) is 11.6. The number of hydrogen-bond acceptors (Lipinski definition) is 4. The molecule has 1 heterocycles. The molecule has 0 aliphatic heterocycles. The van der Waals surface area contributed by atoms with Crippen LogP contribution in [-0.2, 0) is 11.3 Å². The molecule has 0 bridgehead atoms. The number of aromatic carboxylic acids is 1. The number of amides is 1. The first-order valence-electron chi connectivity index (χ1n) is 3.87. The molecule has 1 aromatic heterocycles. The van der Waals surface area contributed by atoms with Crippen molar-refractivity contribution in [2.75, 3.05) is 0 Å². The van der Waals surface area contributed by atoms with Gasteiger partial charge in [0.25, 0.3) is 5.56 Å². The highest BCUT2D eigenvalue weighted by Gasteiger charge is 2.14. The van der Waals surface area contributed by atoms with Gasteiger partial charge in [0.05, 0.1) is 0 Å². The second-order valence-corrected chi connectivity index (χ2v) is 2.79. The van der Waals surface area contributed by atoms with Crippen molar-refractivity contribution in [3.63, 3.8) is 0 Å². The first-order valence-corrected chi connectivity index (χ1v) is 3.87. The van der Waals surface area contributed by atoms with Gasteiger partial charge in [0.2, 0.25) is 5.91 Å². The Hall–Kier alpha value is -2.31. The standard InChI is InChI=1S/C8H8N2O5/c9-6(12)3-10-5(8(14)15)1-4(11)2-7(10)13/h1-2,11H,3H2,(H2,9,12)(H,14,15). The van der Waals surface area contributed by atoms with Crippen molar-refractivity contribution in [2.45, 2.75) is 6.54 Å². The fourth-order valence-corrected chi connectivity index (χ4v) is 1.08. The third-order valence-corrected chi connectivity index (χ3v) is 1.65. The SMILES string of the molecule is NC(=O)Cn1c(C(=O)O)cc(O)cc1=O. The lowest BCUT2D eigenvalue weighted by atomic mass is 10.3. The summed E-state index contributed by atoms with van der Waals surface area (Å²) in [5.74, 6) is -2.74. The van der Waals surface area contributed by atoms with Gasteiger partial charge in [0.1, 0.15) is 18.0 Å². The molecule has 7 heteroatoms. The number of aromatic hydroxyl groups is 1. The smallest absolute Gasteiger partial charge is 0.352 e. The van der Waals surface area contributed by atoms with Crippen LogP contribution in [0.4, 0.5) is 0 Å². The molecule has 1 rings (SSSR count). The maximum atomic E-state index is 11.2. The van der Waals surface area contributed by atoms with Gasteiger partial charge in [-0.25, -0.2) is 4.79 Å². The van der Waals surface area contributed by atoms with E-state index in [0.29, 0.717) is 4.57 Å². The topological polar surface area (TPSA) is 123 Å². The zero-order valence-electron chi connectivity index (χ0n) is 7.51. The van der Waals surface area contributed by atoms with Gasteiger partial charge in [0.15, 0.2) is 0 Å². The first-order chi connectivity index (χ1) is 6.91. The van der Waals surface area contributed by atoms with Crippen LogP contribution in [0.1, 0.15) is 10.5 Å². The molecule has 0 aliphatic rings. The minimum absolute atomic E-state index is 0.474. The summed E-state index contributed by atoms with van der Waals surface area (Å²) in [6.07, 6.45) is 0. The summed E-state index contributed by atoms with van der Waals surface area (Å²) in [5.41, 5.74) is 3.56. The Bertz CT molecular complexity index is 476. The summed E-state index contributed by atoms with van der Waals surface area (Å²) in [4.78, 5) is 32.5. The summed E-state index contributed by atoms with van der Waals surface area (Å²) >= 11 is 0. The van der Waals surface area contributed by atoms with E-state index in [2.05, 4.69) is 0 Å². The molecule has 15 heavy (non-hydrogen) atoms. The van der Waals surface area contributed by atoms with Crippen LogP contribution in [0.5, 0.6) is 5.75 Å². The van der Waals surface area contributed by atoms with Crippen LogP contribution >= 0.6 is 0 Å². The maximum absolute atomic E-state index is 11.2. The monoisotopic (exact) mass is 212 g/mol. The number of hydrogen-bond donors (Lipinski definition) is 3. The van der Waals surface area contributed by atoms with Gasteiger partial charge < -0.3 is 15.9 Å². The molecular formula is C8H8N2O5. The predicted octanol–water partition coefficient (Wildman–Crippen LogP) is -1.26. The van der Waals surface area contributed by atoms with E-state index in [0.717, 1.165) is 12.1 Å². The van der Waals surface area contributed by atoms with Crippen LogP contribution in [-0.4, -0.2) is 26.7 Å². The van der Waals surface area contributed by atoms with Gasteiger partial charge in [-0.1, -0.05) is 0 Å². The van der Waals surface area contributed by atoms with Crippen LogP contribution in [0, 0.1) is 0 Å². The quantitative estimate of drug-likeness (QED) is 0.576. The second kappa shape index (κ2) is 3.82. The summed E-state index contributed by atoms with van der Waals surface area (Å²) in [7, 11) is 0. The Morgan fingerprint density at radius 3 is 2.47 bits per heavy atom. The second-order valence-electron chi connectivity index (χ2n) is 2.79. The molecule has 1 amide bonds. The molecule has 0 aliphatic carbocycles. The summed E-state index contributed by atoms with van der Waals surface area (Å²) in [6, 6.07) is 1.67. The molecule has 0 spiro atoms. The van der Waals surface area contributed by atoms with Crippen molar-refractivity contribution in [3.8, 4) is 5.75 Å². The molecule has 0 radical (unpaired) electrons. The van der Waals surface area contributed by atoms with E-state index in [1.54, 1.807) is 0 Å². The minimum atomic E-state index is -1.43. The molecule has 4 N–H and O–H groups in total. The number of carboxylic acids is 1. The van der Waals surface area contributed by atoms with Crippen LogP contribution in [0.3, 0.4) is 0 Å². The molecule has 80 valence electrons. The Morgan fingerprint density at radius 2 is 2.00 bits per heavy atom. The Balaban J connectivity index is 3.40. The van der Waals surface area contributed by atoms with Crippen LogP contribution < -0.4 is 11.3 Å². The normalized spacial score (nSPS) is 9.87. The van der Waals surface area contributed by atoms with Crippen molar-refractivity contribution in [1.29, 1.82) is 0 Å². The van der Waals surface area contributed by atoms with Crippen LogP contribution in [0.2, 0.25) is 0 Å². The van der Waals surface area contributed by atoms with E-state index >= 15 is 0 Å². The molecule has 0 fully saturated rings. The molecule has 0 atom stereocenters. The highest BCUT2D eigenvalue weighted by Crippen LogP contribution is 2.07. The van der Waals surface area contributed by atoms with Crippen molar-refractivity contribution in [2.24, 2.45) is 5.73 Å². The Kier molecular flexibility index (Phi) is 2.75. The maximum Gasteiger partial charge on any atom is 0.352 e. The van der Waals surface area contributed by atoms with E-state index in [-0.39, 0.29) is 0 Å². The molecule has 0 unspecified atom stereocenters. The lowest BCUT2D eigenvalue weighted by Crippen LogP contribution is -2.31. The van der Waals surface area contributed by atoms with Crippen molar-refractivity contribution in [1.82, 2.24) is 4.57 Å². The summed E-state index contributed by atoms with van der Waals surface area (Å²) in [6.45, 7) is -0.541.